The first-order valence-corrected chi connectivity index (χ1v) is 11.1. The summed E-state index contributed by atoms with van der Waals surface area (Å²) in [6.07, 6.45) is 4.51. The van der Waals surface area contributed by atoms with Gasteiger partial charge in [0.25, 0.3) is 0 Å². The average Bonchev–Trinajstić information content (AvgIpc) is 3.33. The molecular weight excluding hydrogens is 408 g/mol. The maximum atomic E-state index is 6.38. The minimum absolute atomic E-state index is 0.185. The van der Waals surface area contributed by atoms with Crippen molar-refractivity contribution >= 4 is 22.4 Å². The standard InChI is InChI=1S/C27H26N6/c1-3-22(18-8-5-4-6-9-18)31-26-11-7-10-24(32-26)25-14-19(21(28)16-29-25)27-17(2)12-13-23-20(27)15-30-33-23/h4-16,22H,3,28H2,1-2H3,(H,30,33)(H,31,32). The molecule has 0 saturated heterocycles. The minimum atomic E-state index is 0.185. The molecule has 164 valence electrons. The van der Waals surface area contributed by atoms with Crippen molar-refractivity contribution in [3.05, 3.63) is 90.3 Å². The third kappa shape index (κ3) is 4.03. The number of anilines is 2. The van der Waals surface area contributed by atoms with Gasteiger partial charge in [-0.1, -0.05) is 49.4 Å². The Labute approximate surface area is 192 Å². The quantitative estimate of drug-likeness (QED) is 0.298. The molecule has 0 spiro atoms. The lowest BCUT2D eigenvalue weighted by molar-refractivity contribution is 0.745. The minimum Gasteiger partial charge on any atom is -0.397 e. The van der Waals surface area contributed by atoms with E-state index in [1.54, 1.807) is 6.20 Å². The molecule has 1 unspecified atom stereocenters. The van der Waals surface area contributed by atoms with Crippen LogP contribution in [0.5, 0.6) is 0 Å². The van der Waals surface area contributed by atoms with Crippen LogP contribution in [0.4, 0.5) is 11.5 Å². The van der Waals surface area contributed by atoms with Gasteiger partial charge in [-0.3, -0.25) is 10.1 Å². The maximum Gasteiger partial charge on any atom is 0.127 e. The molecule has 6 nitrogen and oxygen atoms in total. The fourth-order valence-corrected chi connectivity index (χ4v) is 4.25. The van der Waals surface area contributed by atoms with E-state index in [1.807, 2.05) is 42.6 Å². The summed E-state index contributed by atoms with van der Waals surface area (Å²) >= 11 is 0. The number of nitrogens with one attached hydrogen (secondary N) is 2. The van der Waals surface area contributed by atoms with Gasteiger partial charge < -0.3 is 11.1 Å². The van der Waals surface area contributed by atoms with Crippen LogP contribution in [0.1, 0.15) is 30.5 Å². The van der Waals surface area contributed by atoms with Crippen molar-refractivity contribution in [2.75, 3.05) is 11.1 Å². The summed E-state index contributed by atoms with van der Waals surface area (Å²) in [4.78, 5) is 9.45. The van der Waals surface area contributed by atoms with E-state index in [9.17, 15) is 0 Å². The number of aromatic amines is 1. The second-order valence-corrected chi connectivity index (χ2v) is 8.17. The van der Waals surface area contributed by atoms with Crippen molar-refractivity contribution in [1.29, 1.82) is 0 Å². The first-order chi connectivity index (χ1) is 16.1. The van der Waals surface area contributed by atoms with E-state index < -0.39 is 0 Å². The van der Waals surface area contributed by atoms with Gasteiger partial charge in [-0.2, -0.15) is 5.10 Å². The van der Waals surface area contributed by atoms with Crippen LogP contribution in [0.2, 0.25) is 0 Å². The Morgan fingerprint density at radius 2 is 1.82 bits per heavy atom. The second-order valence-electron chi connectivity index (χ2n) is 8.17. The van der Waals surface area contributed by atoms with Crippen molar-refractivity contribution in [1.82, 2.24) is 20.2 Å². The number of aryl methyl sites for hydroxylation is 1. The summed E-state index contributed by atoms with van der Waals surface area (Å²) in [7, 11) is 0. The van der Waals surface area contributed by atoms with Crippen LogP contribution >= 0.6 is 0 Å². The number of fused-ring (bicyclic) bond motifs is 1. The molecule has 0 amide bonds. The van der Waals surface area contributed by atoms with E-state index in [2.05, 4.69) is 64.7 Å². The molecule has 4 N–H and O–H groups in total. The Balaban J connectivity index is 1.52. The fraction of sp³-hybridized carbons (Fsp3) is 0.148. The lowest BCUT2D eigenvalue weighted by Crippen LogP contribution is -2.10. The summed E-state index contributed by atoms with van der Waals surface area (Å²) in [5.74, 6) is 0.816. The normalized spacial score (nSPS) is 12.1. The number of nitrogens with two attached hydrogens (primary N) is 1. The summed E-state index contributed by atoms with van der Waals surface area (Å²) in [6, 6.07) is 22.7. The van der Waals surface area contributed by atoms with E-state index in [0.29, 0.717) is 5.69 Å². The monoisotopic (exact) mass is 434 g/mol. The van der Waals surface area contributed by atoms with Gasteiger partial charge in [-0.15, -0.1) is 0 Å². The zero-order valence-electron chi connectivity index (χ0n) is 18.7. The highest BCUT2D eigenvalue weighted by molar-refractivity contribution is 5.99. The highest BCUT2D eigenvalue weighted by Gasteiger charge is 2.15. The number of nitrogens with zero attached hydrogens (tertiary/aromatic N) is 3. The molecule has 0 aliphatic heterocycles. The lowest BCUT2D eigenvalue weighted by Gasteiger charge is -2.18. The largest absolute Gasteiger partial charge is 0.397 e. The molecule has 0 saturated carbocycles. The molecule has 0 aliphatic rings. The smallest absolute Gasteiger partial charge is 0.127 e. The van der Waals surface area contributed by atoms with Gasteiger partial charge in [0.15, 0.2) is 0 Å². The molecule has 3 heterocycles. The van der Waals surface area contributed by atoms with E-state index in [-0.39, 0.29) is 6.04 Å². The number of aromatic nitrogens is 4. The number of rotatable bonds is 6. The van der Waals surface area contributed by atoms with E-state index in [1.165, 1.54) is 5.56 Å². The van der Waals surface area contributed by atoms with Crippen LogP contribution in [-0.2, 0) is 0 Å². The Bertz CT molecular complexity index is 1410. The molecule has 5 rings (SSSR count). The van der Waals surface area contributed by atoms with Crippen LogP contribution in [0.25, 0.3) is 33.4 Å². The van der Waals surface area contributed by atoms with Crippen LogP contribution in [0.15, 0.2) is 79.1 Å². The molecular formula is C27H26N6. The Morgan fingerprint density at radius 3 is 2.64 bits per heavy atom. The molecule has 3 aromatic heterocycles. The van der Waals surface area contributed by atoms with E-state index in [0.717, 1.165) is 51.2 Å². The van der Waals surface area contributed by atoms with Crippen molar-refractivity contribution in [2.24, 2.45) is 0 Å². The molecule has 6 heteroatoms. The second kappa shape index (κ2) is 8.74. The molecule has 0 fully saturated rings. The number of hydrogen-bond acceptors (Lipinski definition) is 5. The summed E-state index contributed by atoms with van der Waals surface area (Å²) < 4.78 is 0. The Hall–Kier alpha value is -4.19. The van der Waals surface area contributed by atoms with Crippen molar-refractivity contribution in [3.63, 3.8) is 0 Å². The Kier molecular flexibility index (Phi) is 5.48. The zero-order valence-corrected chi connectivity index (χ0v) is 18.7. The highest BCUT2D eigenvalue weighted by Crippen LogP contribution is 2.36. The summed E-state index contributed by atoms with van der Waals surface area (Å²) in [5.41, 5.74) is 13.9. The number of nitrogen functional groups attached to an aromatic ring is 1. The summed E-state index contributed by atoms with van der Waals surface area (Å²) in [5, 5.41) is 11.9. The molecule has 2 aromatic carbocycles. The predicted molar refractivity (Wildman–Crippen MR) is 135 cm³/mol. The molecule has 0 bridgehead atoms. The highest BCUT2D eigenvalue weighted by atomic mass is 15.1. The van der Waals surface area contributed by atoms with Crippen LogP contribution in [0, 0.1) is 6.92 Å². The SMILES string of the molecule is CCC(Nc1cccc(-c2cc(-c3c(C)ccc4[nH]ncc34)c(N)cn2)n1)c1ccccc1. The van der Waals surface area contributed by atoms with Gasteiger partial charge in [-0.05, 0) is 54.3 Å². The zero-order chi connectivity index (χ0) is 22.8. The maximum absolute atomic E-state index is 6.38. The van der Waals surface area contributed by atoms with Crippen LogP contribution in [0.3, 0.4) is 0 Å². The van der Waals surface area contributed by atoms with Gasteiger partial charge in [0.2, 0.25) is 0 Å². The third-order valence-corrected chi connectivity index (χ3v) is 5.98. The van der Waals surface area contributed by atoms with Gasteiger partial charge in [-0.25, -0.2) is 4.98 Å². The number of H-pyrrole nitrogens is 1. The molecule has 0 radical (unpaired) electrons. The topological polar surface area (TPSA) is 92.5 Å². The molecule has 1 atom stereocenters. The summed E-state index contributed by atoms with van der Waals surface area (Å²) in [6.45, 7) is 4.25. The number of hydrogen-bond donors (Lipinski definition) is 3. The first kappa shape index (κ1) is 20.7. The van der Waals surface area contributed by atoms with Crippen molar-refractivity contribution < 1.29 is 0 Å². The van der Waals surface area contributed by atoms with E-state index in [4.69, 9.17) is 10.7 Å². The predicted octanol–water partition coefficient (Wildman–Crippen LogP) is 6.14. The number of benzene rings is 2. The lowest BCUT2D eigenvalue weighted by atomic mass is 9.95. The first-order valence-electron chi connectivity index (χ1n) is 11.1. The van der Waals surface area contributed by atoms with Crippen molar-refractivity contribution in [2.45, 2.75) is 26.3 Å². The molecule has 33 heavy (non-hydrogen) atoms. The van der Waals surface area contributed by atoms with Crippen LogP contribution < -0.4 is 11.1 Å². The third-order valence-electron chi connectivity index (χ3n) is 5.98. The number of pyridine rings is 2. The van der Waals surface area contributed by atoms with Gasteiger partial charge >= 0.3 is 0 Å². The van der Waals surface area contributed by atoms with E-state index >= 15 is 0 Å². The average molecular weight is 435 g/mol. The van der Waals surface area contributed by atoms with Crippen molar-refractivity contribution in [3.8, 4) is 22.5 Å². The van der Waals surface area contributed by atoms with Crippen LogP contribution in [-0.4, -0.2) is 20.2 Å². The fourth-order valence-electron chi connectivity index (χ4n) is 4.25. The molecule has 0 aliphatic carbocycles. The Morgan fingerprint density at radius 1 is 0.970 bits per heavy atom. The van der Waals surface area contributed by atoms with Gasteiger partial charge in [0.1, 0.15) is 5.82 Å². The molecule has 5 aromatic rings. The van der Waals surface area contributed by atoms with Gasteiger partial charge in [0, 0.05) is 10.9 Å². The van der Waals surface area contributed by atoms with Gasteiger partial charge in [0.05, 0.1) is 41.0 Å².